The van der Waals surface area contributed by atoms with Crippen LogP contribution in [0.25, 0.3) is 0 Å². The normalized spacial score (nSPS) is 17.2. The summed E-state index contributed by atoms with van der Waals surface area (Å²) in [4.78, 5) is 33.6. The van der Waals surface area contributed by atoms with Crippen LogP contribution in [0.15, 0.2) is 101 Å². The number of carbonyl (C=O) groups is 2. The Hall–Kier alpha value is -3.84. The van der Waals surface area contributed by atoms with Gasteiger partial charge in [-0.2, -0.15) is 0 Å². The molecule has 7 heteroatoms. The second-order valence-electron chi connectivity index (χ2n) is 9.14. The zero-order chi connectivity index (χ0) is 25.8. The van der Waals surface area contributed by atoms with Crippen molar-refractivity contribution in [2.45, 2.75) is 25.3 Å². The minimum Gasteiger partial charge on any atom is -0.355 e. The third kappa shape index (κ3) is 5.18. The highest BCUT2D eigenvalue weighted by molar-refractivity contribution is 8.13. The number of amidine groups is 1. The van der Waals surface area contributed by atoms with Gasteiger partial charge in [0, 0.05) is 25.0 Å². The molecule has 2 amide bonds. The van der Waals surface area contributed by atoms with Crippen molar-refractivity contribution < 1.29 is 9.59 Å². The van der Waals surface area contributed by atoms with Gasteiger partial charge in [0.15, 0.2) is 5.17 Å². The zero-order valence-corrected chi connectivity index (χ0v) is 21.8. The number of likely N-dealkylation sites (N-methyl/N-ethyl adjacent to an activating group) is 1. The molecule has 188 valence electrons. The van der Waals surface area contributed by atoms with Crippen molar-refractivity contribution in [2.75, 3.05) is 24.7 Å². The molecule has 2 N–H and O–H groups in total. The molecule has 3 aromatic rings. The van der Waals surface area contributed by atoms with Crippen molar-refractivity contribution in [3.8, 4) is 0 Å². The zero-order valence-electron chi connectivity index (χ0n) is 21.0. The smallest absolute Gasteiger partial charge is 0.251 e. The molecule has 5 rings (SSSR count). The van der Waals surface area contributed by atoms with Crippen LogP contribution in [0, 0.1) is 0 Å². The van der Waals surface area contributed by atoms with Gasteiger partial charge in [-0.1, -0.05) is 84.6 Å². The molecule has 6 nitrogen and oxygen atoms in total. The quantitative estimate of drug-likeness (QED) is 0.470. The summed E-state index contributed by atoms with van der Waals surface area (Å²) >= 11 is 1.72. The first kappa shape index (κ1) is 24.8. The number of nitrogens with zero attached hydrogens (tertiary/aromatic N) is 2. The van der Waals surface area contributed by atoms with Gasteiger partial charge in [0.1, 0.15) is 0 Å². The van der Waals surface area contributed by atoms with E-state index in [2.05, 4.69) is 15.5 Å². The molecule has 3 aromatic carbocycles. The first-order valence-electron chi connectivity index (χ1n) is 12.5. The highest BCUT2D eigenvalue weighted by Gasteiger charge is 2.37. The molecule has 37 heavy (non-hydrogen) atoms. The average molecular weight is 511 g/mol. The molecule has 0 aliphatic carbocycles. The van der Waals surface area contributed by atoms with Gasteiger partial charge in [-0.25, -0.2) is 4.99 Å². The maximum absolute atomic E-state index is 13.7. The van der Waals surface area contributed by atoms with Gasteiger partial charge in [-0.05, 0) is 42.2 Å². The molecule has 1 unspecified atom stereocenters. The molecule has 1 fully saturated rings. The van der Waals surface area contributed by atoms with Gasteiger partial charge in [0.25, 0.3) is 5.91 Å². The van der Waals surface area contributed by atoms with Crippen molar-refractivity contribution in [3.05, 3.63) is 113 Å². The largest absolute Gasteiger partial charge is 0.355 e. The molecule has 0 aromatic heterocycles. The summed E-state index contributed by atoms with van der Waals surface area (Å²) in [7, 11) is 1.65. The Morgan fingerprint density at radius 2 is 1.65 bits per heavy atom. The van der Waals surface area contributed by atoms with Crippen LogP contribution in [0.1, 0.15) is 42.0 Å². The van der Waals surface area contributed by atoms with Crippen molar-refractivity contribution in [1.82, 2.24) is 10.2 Å². The Kier molecular flexibility index (Phi) is 7.42. The highest BCUT2D eigenvalue weighted by Crippen LogP contribution is 2.40. The second-order valence-corrected chi connectivity index (χ2v) is 10.2. The number of amides is 2. The van der Waals surface area contributed by atoms with Crippen molar-refractivity contribution in [3.63, 3.8) is 0 Å². The standard InChI is InChI=1S/C30H30N4O2S/c1-20-25(28(35)31-2)27(34-17-10-18-37-30(34)32-20)23-15-9-16-24(19-23)33-29(36)26(21-11-5-3-6-12-21)22-13-7-4-8-14-22/h3-9,11-16,19,26-27H,10,17-18H2,1-2H3,(H,31,35)(H,33,36). The number of benzene rings is 3. The lowest BCUT2D eigenvalue weighted by molar-refractivity contribution is -0.118. The van der Waals surface area contributed by atoms with Crippen LogP contribution < -0.4 is 10.6 Å². The number of hydrogen-bond donors (Lipinski definition) is 2. The number of allylic oxidation sites excluding steroid dienone is 1. The van der Waals surface area contributed by atoms with E-state index in [0.29, 0.717) is 11.3 Å². The number of carbonyl (C=O) groups excluding carboxylic acids is 2. The van der Waals surface area contributed by atoms with Gasteiger partial charge < -0.3 is 15.5 Å². The number of aliphatic imine (C=N–C) groups is 1. The SMILES string of the molecule is CNC(=O)C1=C(C)N=C2SCCCN2C1c1cccc(NC(=O)C(c2ccccc2)c2ccccc2)c1. The summed E-state index contributed by atoms with van der Waals surface area (Å²) < 4.78 is 0. The predicted octanol–water partition coefficient (Wildman–Crippen LogP) is 5.33. The Bertz CT molecular complexity index is 1310. The molecule has 1 saturated heterocycles. The van der Waals surface area contributed by atoms with E-state index in [9.17, 15) is 9.59 Å². The Morgan fingerprint density at radius 3 is 2.30 bits per heavy atom. The molecule has 1 atom stereocenters. The van der Waals surface area contributed by atoms with Crippen LogP contribution in [-0.2, 0) is 9.59 Å². The van der Waals surface area contributed by atoms with E-state index in [1.54, 1.807) is 18.8 Å². The predicted molar refractivity (Wildman–Crippen MR) is 151 cm³/mol. The monoisotopic (exact) mass is 510 g/mol. The molecule has 0 saturated carbocycles. The number of anilines is 1. The van der Waals surface area contributed by atoms with Crippen LogP contribution in [-0.4, -0.2) is 41.2 Å². The van der Waals surface area contributed by atoms with E-state index in [4.69, 9.17) is 4.99 Å². The summed E-state index contributed by atoms with van der Waals surface area (Å²) in [5.74, 6) is 0.332. The van der Waals surface area contributed by atoms with Gasteiger partial charge in [-0.15, -0.1) is 0 Å². The van der Waals surface area contributed by atoms with Gasteiger partial charge in [0.05, 0.1) is 23.2 Å². The van der Waals surface area contributed by atoms with E-state index in [0.717, 1.165) is 46.3 Å². The highest BCUT2D eigenvalue weighted by atomic mass is 32.2. The molecule has 2 heterocycles. The maximum Gasteiger partial charge on any atom is 0.251 e. The Morgan fingerprint density at radius 1 is 0.973 bits per heavy atom. The fourth-order valence-corrected chi connectivity index (χ4v) is 6.05. The molecule has 0 radical (unpaired) electrons. The lowest BCUT2D eigenvalue weighted by Gasteiger charge is -2.40. The summed E-state index contributed by atoms with van der Waals surface area (Å²) in [6.07, 6.45) is 1.02. The first-order chi connectivity index (χ1) is 18.1. The second kappa shape index (κ2) is 11.0. The fraction of sp³-hybridized carbons (Fsp3) is 0.233. The summed E-state index contributed by atoms with van der Waals surface area (Å²) in [6, 6.07) is 27.2. The van der Waals surface area contributed by atoms with Gasteiger partial charge >= 0.3 is 0 Å². The lowest BCUT2D eigenvalue weighted by atomic mass is 9.90. The molecule has 0 bridgehead atoms. The van der Waals surface area contributed by atoms with E-state index in [1.165, 1.54) is 0 Å². The molecular formula is C30H30N4O2S. The number of nitrogens with one attached hydrogen (secondary N) is 2. The van der Waals surface area contributed by atoms with Gasteiger partial charge in [-0.3, -0.25) is 9.59 Å². The minimum absolute atomic E-state index is 0.104. The molecule has 2 aliphatic rings. The van der Waals surface area contributed by atoms with Crippen molar-refractivity contribution in [1.29, 1.82) is 0 Å². The number of fused-ring (bicyclic) bond motifs is 1. The average Bonchev–Trinajstić information content (AvgIpc) is 2.93. The van der Waals surface area contributed by atoms with Crippen LogP contribution >= 0.6 is 11.8 Å². The summed E-state index contributed by atoms with van der Waals surface area (Å²) in [5.41, 5.74) is 4.88. The third-order valence-electron chi connectivity index (χ3n) is 6.73. The van der Waals surface area contributed by atoms with Crippen molar-refractivity contribution in [2.24, 2.45) is 4.99 Å². The van der Waals surface area contributed by atoms with Crippen molar-refractivity contribution >= 4 is 34.4 Å². The molecular weight excluding hydrogens is 480 g/mol. The van der Waals surface area contributed by atoms with E-state index in [1.807, 2.05) is 91.9 Å². The van der Waals surface area contributed by atoms with Gasteiger partial charge in [0.2, 0.25) is 5.91 Å². The van der Waals surface area contributed by atoms with Crippen LogP contribution in [0.2, 0.25) is 0 Å². The summed E-state index contributed by atoms with van der Waals surface area (Å²) in [6.45, 7) is 2.72. The molecule has 2 aliphatic heterocycles. The van der Waals surface area contributed by atoms with E-state index >= 15 is 0 Å². The number of hydrogen-bond acceptors (Lipinski definition) is 5. The van der Waals surface area contributed by atoms with Crippen LogP contribution in [0.4, 0.5) is 5.69 Å². The third-order valence-corrected chi connectivity index (χ3v) is 7.80. The first-order valence-corrected chi connectivity index (χ1v) is 13.5. The topological polar surface area (TPSA) is 73.8 Å². The Labute approximate surface area is 221 Å². The lowest BCUT2D eigenvalue weighted by Crippen LogP contribution is -2.43. The Balaban J connectivity index is 1.49. The van der Waals surface area contributed by atoms with Crippen LogP contribution in [0.3, 0.4) is 0 Å². The minimum atomic E-state index is -0.443. The summed E-state index contributed by atoms with van der Waals surface area (Å²) in [5, 5.41) is 6.89. The number of thioether (sulfide) groups is 1. The van der Waals surface area contributed by atoms with E-state index < -0.39 is 5.92 Å². The number of rotatable bonds is 6. The maximum atomic E-state index is 13.7. The fourth-order valence-electron chi connectivity index (χ4n) is 5.03. The van der Waals surface area contributed by atoms with Crippen LogP contribution in [0.5, 0.6) is 0 Å². The molecule has 0 spiro atoms. The van der Waals surface area contributed by atoms with E-state index in [-0.39, 0.29) is 17.9 Å².